The molecule has 1 aromatic rings. The van der Waals surface area contributed by atoms with Gasteiger partial charge in [0.15, 0.2) is 0 Å². The van der Waals surface area contributed by atoms with Gasteiger partial charge in [0, 0.05) is 18.0 Å². The first-order chi connectivity index (χ1) is 9.73. The summed E-state index contributed by atoms with van der Waals surface area (Å²) in [6.45, 7) is 2.89. The minimum absolute atomic E-state index is 0.126. The molecule has 3 rings (SSSR count). The van der Waals surface area contributed by atoms with Crippen LogP contribution in [0, 0.1) is 5.41 Å². The van der Waals surface area contributed by atoms with E-state index in [2.05, 4.69) is 35.2 Å². The zero-order valence-electron chi connectivity index (χ0n) is 12.2. The maximum absolute atomic E-state index is 9.75. The van der Waals surface area contributed by atoms with Crippen molar-refractivity contribution in [3.8, 4) is 0 Å². The van der Waals surface area contributed by atoms with Crippen LogP contribution in [0.2, 0.25) is 0 Å². The summed E-state index contributed by atoms with van der Waals surface area (Å²) in [4.78, 5) is 2.61. The van der Waals surface area contributed by atoms with Gasteiger partial charge in [-0.3, -0.25) is 4.90 Å². The summed E-state index contributed by atoms with van der Waals surface area (Å²) in [5.41, 5.74) is 7.62. The molecule has 3 N–H and O–H groups in total. The Balaban J connectivity index is 1.74. The van der Waals surface area contributed by atoms with Crippen LogP contribution < -0.4 is 5.73 Å². The Hall–Kier alpha value is -0.900. The second-order valence-corrected chi connectivity index (χ2v) is 6.60. The van der Waals surface area contributed by atoms with Crippen molar-refractivity contribution in [2.24, 2.45) is 11.1 Å². The molecule has 3 nitrogen and oxygen atoms in total. The third-order valence-corrected chi connectivity index (χ3v) is 5.24. The lowest BCUT2D eigenvalue weighted by Gasteiger charge is -2.55. The van der Waals surface area contributed by atoms with E-state index >= 15 is 0 Å². The van der Waals surface area contributed by atoms with Crippen LogP contribution in [0.25, 0.3) is 0 Å². The first kappa shape index (κ1) is 14.1. The minimum atomic E-state index is -0.126. The molecule has 1 aliphatic heterocycles. The van der Waals surface area contributed by atoms with Gasteiger partial charge < -0.3 is 10.8 Å². The van der Waals surface area contributed by atoms with E-state index in [1.54, 1.807) is 0 Å². The first-order valence-electron chi connectivity index (χ1n) is 7.90. The number of hydrogen-bond acceptors (Lipinski definition) is 3. The Bertz CT molecular complexity index is 428. The van der Waals surface area contributed by atoms with Crippen LogP contribution in [-0.2, 0) is 6.54 Å². The summed E-state index contributed by atoms with van der Waals surface area (Å²) >= 11 is 0. The van der Waals surface area contributed by atoms with Gasteiger partial charge in [-0.1, -0.05) is 36.8 Å². The molecule has 1 aromatic carbocycles. The number of benzene rings is 1. The van der Waals surface area contributed by atoms with Crippen molar-refractivity contribution < 1.29 is 5.11 Å². The molecule has 1 unspecified atom stereocenters. The number of nitrogens with two attached hydrogens (primary N) is 1. The maximum Gasteiger partial charge on any atom is 0.0553 e. The van der Waals surface area contributed by atoms with Crippen LogP contribution in [0.3, 0.4) is 0 Å². The molecule has 1 atom stereocenters. The second-order valence-electron chi connectivity index (χ2n) is 6.60. The minimum Gasteiger partial charge on any atom is -0.393 e. The molecule has 1 saturated carbocycles. The third-order valence-electron chi connectivity index (χ3n) is 5.24. The molecule has 1 heterocycles. The van der Waals surface area contributed by atoms with Crippen molar-refractivity contribution in [1.82, 2.24) is 4.90 Å². The predicted octanol–water partition coefficient (Wildman–Crippen LogP) is 2.14. The lowest BCUT2D eigenvalue weighted by Crippen LogP contribution is -2.60. The lowest BCUT2D eigenvalue weighted by molar-refractivity contribution is -0.0938. The molecule has 3 heteroatoms. The normalized spacial score (nSPS) is 34.7. The van der Waals surface area contributed by atoms with E-state index in [1.165, 1.54) is 24.8 Å². The highest BCUT2D eigenvalue weighted by Crippen LogP contribution is 2.48. The van der Waals surface area contributed by atoms with Crippen LogP contribution in [0.5, 0.6) is 0 Å². The van der Waals surface area contributed by atoms with Gasteiger partial charge in [0.25, 0.3) is 0 Å². The maximum atomic E-state index is 9.75. The lowest BCUT2D eigenvalue weighted by atomic mass is 9.60. The molecule has 110 valence electrons. The third kappa shape index (κ3) is 2.62. The molecule has 0 radical (unpaired) electrons. The molecule has 2 aliphatic rings. The molecular weight excluding hydrogens is 248 g/mol. The number of hydrogen-bond donors (Lipinski definition) is 2. The van der Waals surface area contributed by atoms with Crippen LogP contribution in [0.1, 0.15) is 37.7 Å². The van der Waals surface area contributed by atoms with Gasteiger partial charge in [0.2, 0.25) is 0 Å². The van der Waals surface area contributed by atoms with Gasteiger partial charge >= 0.3 is 0 Å². The molecule has 0 spiro atoms. The van der Waals surface area contributed by atoms with E-state index in [-0.39, 0.29) is 11.5 Å². The van der Waals surface area contributed by atoms with Crippen LogP contribution in [-0.4, -0.2) is 35.2 Å². The van der Waals surface area contributed by atoms with Crippen LogP contribution in [0.15, 0.2) is 30.3 Å². The van der Waals surface area contributed by atoms with E-state index in [0.717, 1.165) is 25.9 Å². The van der Waals surface area contributed by atoms with Crippen molar-refractivity contribution >= 4 is 0 Å². The van der Waals surface area contributed by atoms with Crippen LogP contribution >= 0.6 is 0 Å². The summed E-state index contributed by atoms with van der Waals surface area (Å²) in [6.07, 6.45) is 5.47. The average Bonchev–Trinajstić information content (AvgIpc) is 2.46. The Labute approximate surface area is 121 Å². The first-order valence-corrected chi connectivity index (χ1v) is 7.90. The van der Waals surface area contributed by atoms with Gasteiger partial charge in [0.05, 0.1) is 6.10 Å². The van der Waals surface area contributed by atoms with Crippen molar-refractivity contribution in [3.63, 3.8) is 0 Å². The highest BCUT2D eigenvalue weighted by molar-refractivity contribution is 5.15. The van der Waals surface area contributed by atoms with Crippen molar-refractivity contribution in [2.75, 3.05) is 13.1 Å². The standard InChI is InChI=1S/C17H26N2O/c18-13-17(10-15(20)11-17)16-8-4-5-9-19(16)12-14-6-2-1-3-7-14/h1-3,6-7,15-16,20H,4-5,8-13,18H2. The van der Waals surface area contributed by atoms with Crippen molar-refractivity contribution in [1.29, 1.82) is 0 Å². The average molecular weight is 274 g/mol. The van der Waals surface area contributed by atoms with Crippen molar-refractivity contribution in [3.05, 3.63) is 35.9 Å². The van der Waals surface area contributed by atoms with Gasteiger partial charge in [-0.25, -0.2) is 0 Å². The molecule has 1 saturated heterocycles. The molecule has 2 fully saturated rings. The van der Waals surface area contributed by atoms with Gasteiger partial charge in [0.1, 0.15) is 0 Å². The SMILES string of the molecule is NCC1(C2CCCCN2Cc2ccccc2)CC(O)C1. The summed E-state index contributed by atoms with van der Waals surface area (Å²) in [5.74, 6) is 0. The highest BCUT2D eigenvalue weighted by Gasteiger charge is 2.50. The zero-order valence-corrected chi connectivity index (χ0v) is 12.2. The number of nitrogens with zero attached hydrogens (tertiary/aromatic N) is 1. The smallest absolute Gasteiger partial charge is 0.0553 e. The molecular formula is C17H26N2O. The summed E-state index contributed by atoms with van der Waals surface area (Å²) < 4.78 is 0. The summed E-state index contributed by atoms with van der Waals surface area (Å²) in [7, 11) is 0. The fourth-order valence-electron chi connectivity index (χ4n) is 4.15. The zero-order chi connectivity index (χ0) is 14.0. The van der Waals surface area contributed by atoms with Gasteiger partial charge in [-0.15, -0.1) is 0 Å². The van der Waals surface area contributed by atoms with E-state index in [1.807, 2.05) is 0 Å². The van der Waals surface area contributed by atoms with E-state index in [4.69, 9.17) is 5.73 Å². The number of likely N-dealkylation sites (tertiary alicyclic amines) is 1. The fourth-order valence-corrected chi connectivity index (χ4v) is 4.15. The number of aliphatic hydroxyl groups excluding tert-OH is 1. The summed E-state index contributed by atoms with van der Waals surface area (Å²) in [6, 6.07) is 11.2. The number of aliphatic hydroxyl groups is 1. The molecule has 1 aliphatic carbocycles. The molecule has 20 heavy (non-hydrogen) atoms. The second kappa shape index (κ2) is 5.84. The molecule has 0 amide bonds. The number of piperidine rings is 1. The highest BCUT2D eigenvalue weighted by atomic mass is 16.3. The Morgan fingerprint density at radius 2 is 1.95 bits per heavy atom. The summed E-state index contributed by atoms with van der Waals surface area (Å²) in [5, 5.41) is 9.75. The molecule has 0 aromatic heterocycles. The quantitative estimate of drug-likeness (QED) is 0.884. The van der Waals surface area contributed by atoms with Crippen molar-refractivity contribution in [2.45, 2.75) is 50.8 Å². The fraction of sp³-hybridized carbons (Fsp3) is 0.647. The van der Waals surface area contributed by atoms with E-state index in [9.17, 15) is 5.11 Å². The topological polar surface area (TPSA) is 49.5 Å². The number of rotatable bonds is 4. The van der Waals surface area contributed by atoms with Crippen LogP contribution in [0.4, 0.5) is 0 Å². The Kier molecular flexibility index (Phi) is 4.11. The Morgan fingerprint density at radius 1 is 1.20 bits per heavy atom. The van der Waals surface area contributed by atoms with Gasteiger partial charge in [-0.2, -0.15) is 0 Å². The monoisotopic (exact) mass is 274 g/mol. The predicted molar refractivity (Wildman–Crippen MR) is 81.2 cm³/mol. The van der Waals surface area contributed by atoms with Gasteiger partial charge in [-0.05, 0) is 44.3 Å². The van der Waals surface area contributed by atoms with E-state index in [0.29, 0.717) is 12.6 Å². The molecule has 0 bridgehead atoms. The Morgan fingerprint density at radius 3 is 2.60 bits per heavy atom. The largest absolute Gasteiger partial charge is 0.393 e. The van der Waals surface area contributed by atoms with E-state index < -0.39 is 0 Å².